The van der Waals surface area contributed by atoms with Gasteiger partial charge in [0.1, 0.15) is 11.4 Å². The maximum atomic E-state index is 14.7. The van der Waals surface area contributed by atoms with E-state index in [2.05, 4.69) is 20.3 Å². The van der Waals surface area contributed by atoms with Crippen molar-refractivity contribution in [2.24, 2.45) is 0 Å². The number of nitro groups is 1. The number of halogens is 1. The molecule has 0 atom stereocenters. The van der Waals surface area contributed by atoms with Crippen LogP contribution in [-0.4, -0.2) is 59.0 Å². The number of aryl methyl sites for hydroxylation is 1. The van der Waals surface area contributed by atoms with Gasteiger partial charge in [0.2, 0.25) is 5.95 Å². The summed E-state index contributed by atoms with van der Waals surface area (Å²) >= 11 is 0. The molecule has 0 amide bonds. The normalized spacial score (nSPS) is 11.2. The number of anilines is 3. The first-order chi connectivity index (χ1) is 16.2. The van der Waals surface area contributed by atoms with Crippen molar-refractivity contribution in [2.75, 3.05) is 44.4 Å². The third-order valence-electron chi connectivity index (χ3n) is 5.65. The second kappa shape index (κ2) is 9.44. The molecule has 0 saturated heterocycles. The Bertz CT molecular complexity index is 1350. The summed E-state index contributed by atoms with van der Waals surface area (Å²) in [5, 5.41) is 15.6. The van der Waals surface area contributed by atoms with Crippen LogP contribution in [0.25, 0.3) is 22.2 Å². The number of benzene rings is 2. The van der Waals surface area contributed by atoms with Crippen molar-refractivity contribution >= 4 is 33.9 Å². The molecule has 0 aliphatic carbocycles. The van der Waals surface area contributed by atoms with Gasteiger partial charge in [-0.3, -0.25) is 10.1 Å². The molecule has 0 spiro atoms. The van der Waals surface area contributed by atoms with Crippen molar-refractivity contribution < 1.29 is 9.31 Å². The number of fused-ring (bicyclic) bond motifs is 1. The Morgan fingerprint density at radius 1 is 1.18 bits per heavy atom. The van der Waals surface area contributed by atoms with Gasteiger partial charge in [0.15, 0.2) is 5.82 Å². The van der Waals surface area contributed by atoms with E-state index >= 15 is 0 Å². The molecule has 0 fully saturated rings. The lowest BCUT2D eigenvalue weighted by Crippen LogP contribution is -2.28. The minimum Gasteiger partial charge on any atom is -0.368 e. The Hall–Kier alpha value is -4.05. The second-order valence-corrected chi connectivity index (χ2v) is 8.40. The SMILES string of the molecule is Cc1cccc2c(-c3nc(Nc4ccc(N(C)CCN(C)C)c([N+](=O)[O-])c4)ncc3F)c[nH]c12. The summed E-state index contributed by atoms with van der Waals surface area (Å²) in [4.78, 5) is 26.7. The smallest absolute Gasteiger partial charge is 0.294 e. The molecule has 0 saturated carbocycles. The average molecular weight is 464 g/mol. The molecular weight excluding hydrogens is 437 g/mol. The van der Waals surface area contributed by atoms with E-state index in [4.69, 9.17) is 0 Å². The lowest BCUT2D eigenvalue weighted by Gasteiger charge is -2.21. The average Bonchev–Trinajstić information content (AvgIpc) is 3.24. The summed E-state index contributed by atoms with van der Waals surface area (Å²) in [5.41, 5.74) is 3.61. The van der Waals surface area contributed by atoms with Crippen LogP contribution >= 0.6 is 0 Å². The maximum Gasteiger partial charge on any atom is 0.294 e. The number of aromatic nitrogens is 3. The lowest BCUT2D eigenvalue weighted by molar-refractivity contribution is -0.384. The van der Waals surface area contributed by atoms with Crippen molar-refractivity contribution in [1.82, 2.24) is 19.9 Å². The number of nitrogens with zero attached hydrogens (tertiary/aromatic N) is 5. The summed E-state index contributed by atoms with van der Waals surface area (Å²) in [7, 11) is 5.71. The molecule has 0 aliphatic heterocycles. The van der Waals surface area contributed by atoms with E-state index in [1.165, 1.54) is 6.07 Å². The summed E-state index contributed by atoms with van der Waals surface area (Å²) in [6.45, 7) is 3.36. The van der Waals surface area contributed by atoms with E-state index < -0.39 is 10.7 Å². The first kappa shape index (κ1) is 23.1. The summed E-state index contributed by atoms with van der Waals surface area (Å²) < 4.78 is 14.7. The summed E-state index contributed by atoms with van der Waals surface area (Å²) in [6.07, 6.45) is 2.81. The number of para-hydroxylation sites is 1. The van der Waals surface area contributed by atoms with Gasteiger partial charge < -0.3 is 20.1 Å². The molecule has 2 aromatic carbocycles. The zero-order valence-electron chi connectivity index (χ0n) is 19.5. The van der Waals surface area contributed by atoms with Crippen LogP contribution in [0.4, 0.5) is 27.4 Å². The maximum absolute atomic E-state index is 14.7. The highest BCUT2D eigenvalue weighted by atomic mass is 19.1. The largest absolute Gasteiger partial charge is 0.368 e. The molecule has 4 rings (SSSR count). The molecule has 0 aliphatic rings. The predicted molar refractivity (Wildman–Crippen MR) is 132 cm³/mol. The molecule has 9 nitrogen and oxygen atoms in total. The number of hydrogen-bond acceptors (Lipinski definition) is 7. The summed E-state index contributed by atoms with van der Waals surface area (Å²) in [6, 6.07) is 10.6. The first-order valence-electron chi connectivity index (χ1n) is 10.8. The fourth-order valence-electron chi connectivity index (χ4n) is 3.79. The van der Waals surface area contributed by atoms with Crippen LogP contribution in [-0.2, 0) is 0 Å². The lowest BCUT2D eigenvalue weighted by atomic mass is 10.1. The van der Waals surface area contributed by atoms with Gasteiger partial charge in [0.25, 0.3) is 5.69 Å². The van der Waals surface area contributed by atoms with E-state index in [-0.39, 0.29) is 17.3 Å². The number of rotatable bonds is 8. The highest BCUT2D eigenvalue weighted by Gasteiger charge is 2.19. The summed E-state index contributed by atoms with van der Waals surface area (Å²) in [5.74, 6) is -0.418. The van der Waals surface area contributed by atoms with Crippen molar-refractivity contribution in [3.05, 3.63) is 70.3 Å². The van der Waals surface area contributed by atoms with Gasteiger partial charge in [-0.1, -0.05) is 18.2 Å². The van der Waals surface area contributed by atoms with Gasteiger partial charge in [-0.25, -0.2) is 14.4 Å². The third-order valence-corrected chi connectivity index (χ3v) is 5.65. The van der Waals surface area contributed by atoms with Crippen LogP contribution in [0.15, 0.2) is 48.8 Å². The standard InChI is InChI=1S/C24H26FN7O2/c1-15-6-5-7-17-18(13-26-22(15)17)23-19(25)14-27-24(29-23)28-16-8-9-20(21(12-16)32(33)34)31(4)11-10-30(2)3/h5-9,12-14,26H,10-11H2,1-4H3,(H,27,28,29). The fourth-order valence-corrected chi connectivity index (χ4v) is 3.79. The van der Waals surface area contributed by atoms with Crippen molar-refractivity contribution in [3.63, 3.8) is 0 Å². The highest BCUT2D eigenvalue weighted by molar-refractivity contribution is 5.96. The van der Waals surface area contributed by atoms with Gasteiger partial charge in [0, 0.05) is 54.6 Å². The number of H-pyrrole nitrogens is 1. The van der Waals surface area contributed by atoms with Crippen LogP contribution in [0.5, 0.6) is 0 Å². The third kappa shape index (κ3) is 4.67. The van der Waals surface area contributed by atoms with Crippen molar-refractivity contribution in [1.29, 1.82) is 0 Å². The molecule has 2 aromatic heterocycles. The van der Waals surface area contributed by atoms with Crippen LogP contribution < -0.4 is 10.2 Å². The number of nitro benzene ring substituents is 1. The van der Waals surface area contributed by atoms with Gasteiger partial charge in [-0.15, -0.1) is 0 Å². The molecule has 34 heavy (non-hydrogen) atoms. The Labute approximate surface area is 196 Å². The van der Waals surface area contributed by atoms with Crippen LogP contribution in [0.1, 0.15) is 5.56 Å². The molecule has 2 heterocycles. The zero-order chi connectivity index (χ0) is 24.4. The topological polar surface area (TPSA) is 103 Å². The Morgan fingerprint density at radius 2 is 1.97 bits per heavy atom. The molecule has 2 N–H and O–H groups in total. The molecule has 4 aromatic rings. The van der Waals surface area contributed by atoms with Crippen molar-refractivity contribution in [2.45, 2.75) is 6.92 Å². The van der Waals surface area contributed by atoms with Crippen LogP contribution in [0, 0.1) is 22.9 Å². The van der Waals surface area contributed by atoms with Gasteiger partial charge in [-0.2, -0.15) is 0 Å². The number of aromatic amines is 1. The molecule has 0 bridgehead atoms. The number of hydrogen-bond donors (Lipinski definition) is 2. The van der Waals surface area contributed by atoms with E-state index in [0.29, 0.717) is 23.5 Å². The Morgan fingerprint density at radius 3 is 2.71 bits per heavy atom. The number of nitrogens with one attached hydrogen (secondary N) is 2. The van der Waals surface area contributed by atoms with E-state index in [1.54, 1.807) is 18.3 Å². The minimum atomic E-state index is -0.559. The van der Waals surface area contributed by atoms with Crippen molar-refractivity contribution in [3.8, 4) is 11.3 Å². The van der Waals surface area contributed by atoms with Gasteiger partial charge >= 0.3 is 0 Å². The quantitative estimate of drug-likeness (QED) is 0.288. The molecule has 0 unspecified atom stereocenters. The van der Waals surface area contributed by atoms with E-state index in [0.717, 1.165) is 29.2 Å². The predicted octanol–water partition coefficient (Wildman–Crippen LogP) is 4.72. The first-order valence-corrected chi connectivity index (χ1v) is 10.8. The Kier molecular flexibility index (Phi) is 6.42. The number of likely N-dealkylation sites (N-methyl/N-ethyl adjacent to an activating group) is 2. The minimum absolute atomic E-state index is 0.0410. The molecule has 176 valence electrons. The van der Waals surface area contributed by atoms with Crippen LogP contribution in [0.3, 0.4) is 0 Å². The van der Waals surface area contributed by atoms with E-state index in [1.807, 2.05) is 56.1 Å². The van der Waals surface area contributed by atoms with E-state index in [9.17, 15) is 14.5 Å². The van der Waals surface area contributed by atoms with Gasteiger partial charge in [-0.05, 0) is 38.7 Å². The molecule has 0 radical (unpaired) electrons. The zero-order valence-corrected chi connectivity index (χ0v) is 19.5. The monoisotopic (exact) mass is 463 g/mol. The Balaban J connectivity index is 1.65. The second-order valence-electron chi connectivity index (χ2n) is 8.40. The van der Waals surface area contributed by atoms with Gasteiger partial charge in [0.05, 0.1) is 11.1 Å². The molecular formula is C24H26FN7O2. The van der Waals surface area contributed by atoms with Crippen LogP contribution in [0.2, 0.25) is 0 Å². The highest BCUT2D eigenvalue weighted by Crippen LogP contribution is 2.33. The molecule has 10 heteroatoms. The fraction of sp³-hybridized carbons (Fsp3) is 0.250.